The molecule has 0 amide bonds. The summed E-state index contributed by atoms with van der Waals surface area (Å²) in [6.07, 6.45) is 2.15. The van der Waals surface area contributed by atoms with Gasteiger partial charge in [0.25, 0.3) is 0 Å². The summed E-state index contributed by atoms with van der Waals surface area (Å²) >= 11 is 0. The molecule has 0 aliphatic carbocycles. The van der Waals surface area contributed by atoms with E-state index in [9.17, 15) is 0 Å². The summed E-state index contributed by atoms with van der Waals surface area (Å²) in [5.74, 6) is 1.65. The molecule has 0 fully saturated rings. The highest BCUT2D eigenvalue weighted by atomic mass is 16.5. The molecule has 0 atom stereocenters. The number of hydrogen-bond acceptors (Lipinski definition) is 4. The number of hydrogen-bond donors (Lipinski definition) is 0. The number of unbranched alkanes of at least 4 members (excludes halogenated alkanes) is 1. The lowest BCUT2D eigenvalue weighted by molar-refractivity contribution is 0.175. The van der Waals surface area contributed by atoms with E-state index in [4.69, 9.17) is 18.9 Å². The van der Waals surface area contributed by atoms with Crippen molar-refractivity contribution in [2.24, 2.45) is 0 Å². The van der Waals surface area contributed by atoms with E-state index in [1.54, 1.807) is 21.3 Å². The molecule has 1 aromatic carbocycles. The van der Waals surface area contributed by atoms with Gasteiger partial charge in [-0.3, -0.25) is 0 Å². The Bertz CT molecular complexity index is 377. The minimum Gasteiger partial charge on any atom is -0.496 e. The van der Waals surface area contributed by atoms with Crippen LogP contribution in [0.3, 0.4) is 0 Å². The molecule has 0 saturated carbocycles. The smallest absolute Gasteiger partial charge is 0.125 e. The summed E-state index contributed by atoms with van der Waals surface area (Å²) in [4.78, 5) is 0. The molecule has 4 nitrogen and oxygen atoms in total. The monoisotopic (exact) mass is 268 g/mol. The van der Waals surface area contributed by atoms with Crippen molar-refractivity contribution in [2.45, 2.75) is 33.0 Å². The molecule has 0 aliphatic heterocycles. The van der Waals surface area contributed by atoms with Crippen LogP contribution in [0, 0.1) is 0 Å². The Morgan fingerprint density at radius 2 is 1.47 bits per heavy atom. The summed E-state index contributed by atoms with van der Waals surface area (Å²) in [6.45, 7) is 3.86. The van der Waals surface area contributed by atoms with Crippen molar-refractivity contribution in [3.8, 4) is 11.5 Å². The summed E-state index contributed by atoms with van der Waals surface area (Å²) in [7, 11) is 4.99. The average Bonchev–Trinajstić information content (AvgIpc) is 2.42. The fourth-order valence-corrected chi connectivity index (χ4v) is 1.83. The van der Waals surface area contributed by atoms with Crippen molar-refractivity contribution in [1.82, 2.24) is 0 Å². The molecule has 1 rings (SSSR count). The molecule has 0 saturated heterocycles. The van der Waals surface area contributed by atoms with Crippen molar-refractivity contribution >= 4 is 0 Å². The van der Waals surface area contributed by atoms with Gasteiger partial charge in [-0.2, -0.15) is 0 Å². The van der Waals surface area contributed by atoms with E-state index in [-0.39, 0.29) is 0 Å². The lowest BCUT2D eigenvalue weighted by Crippen LogP contribution is -2.04. The molecule has 0 aromatic heterocycles. The molecule has 19 heavy (non-hydrogen) atoms. The number of ether oxygens (including phenoxy) is 4. The van der Waals surface area contributed by atoms with Gasteiger partial charge in [-0.25, -0.2) is 0 Å². The van der Waals surface area contributed by atoms with E-state index < -0.39 is 0 Å². The second-order valence-corrected chi connectivity index (χ2v) is 4.34. The predicted molar refractivity (Wildman–Crippen MR) is 74.8 cm³/mol. The van der Waals surface area contributed by atoms with E-state index in [1.807, 2.05) is 12.1 Å². The van der Waals surface area contributed by atoms with Crippen LogP contribution in [-0.2, 0) is 22.7 Å². The molecule has 0 bridgehead atoms. The maximum atomic E-state index is 5.83. The Hall–Kier alpha value is -1.26. The van der Waals surface area contributed by atoms with E-state index >= 15 is 0 Å². The van der Waals surface area contributed by atoms with Gasteiger partial charge in [0.15, 0.2) is 0 Å². The van der Waals surface area contributed by atoms with Gasteiger partial charge in [-0.1, -0.05) is 13.3 Å². The third-order valence-corrected chi connectivity index (χ3v) is 2.82. The highest BCUT2D eigenvalue weighted by Gasteiger charge is 2.11. The predicted octanol–water partition coefficient (Wildman–Crippen LogP) is 3.17. The van der Waals surface area contributed by atoms with Crippen molar-refractivity contribution in [2.75, 3.05) is 27.9 Å². The van der Waals surface area contributed by atoms with Crippen LogP contribution in [0.1, 0.15) is 30.9 Å². The highest BCUT2D eigenvalue weighted by molar-refractivity contribution is 5.46. The van der Waals surface area contributed by atoms with Gasteiger partial charge in [0.2, 0.25) is 0 Å². The van der Waals surface area contributed by atoms with Gasteiger partial charge in [-0.15, -0.1) is 0 Å². The third kappa shape index (κ3) is 4.73. The van der Waals surface area contributed by atoms with E-state index in [0.717, 1.165) is 35.5 Å². The largest absolute Gasteiger partial charge is 0.496 e. The third-order valence-electron chi connectivity index (χ3n) is 2.82. The van der Waals surface area contributed by atoms with Crippen molar-refractivity contribution < 1.29 is 18.9 Å². The Kier molecular flexibility index (Phi) is 7.30. The van der Waals surface area contributed by atoms with Gasteiger partial charge in [0.05, 0.1) is 26.9 Å². The normalized spacial score (nSPS) is 10.5. The standard InChI is InChI=1S/C15H24O4/c1-5-6-7-19-15-9-12(10-16-2)14(18-4)8-13(15)11-17-3/h8-9H,5-7,10-11H2,1-4H3. The topological polar surface area (TPSA) is 36.9 Å². The molecule has 108 valence electrons. The van der Waals surface area contributed by atoms with Crippen molar-refractivity contribution in [3.05, 3.63) is 23.3 Å². The van der Waals surface area contributed by atoms with Crippen LogP contribution in [0.15, 0.2) is 12.1 Å². The highest BCUT2D eigenvalue weighted by Crippen LogP contribution is 2.30. The summed E-state index contributed by atoms with van der Waals surface area (Å²) < 4.78 is 21.6. The van der Waals surface area contributed by atoms with Crippen LogP contribution >= 0.6 is 0 Å². The second kappa shape index (κ2) is 8.77. The first-order chi connectivity index (χ1) is 9.26. The Morgan fingerprint density at radius 1 is 0.895 bits per heavy atom. The van der Waals surface area contributed by atoms with Crippen molar-refractivity contribution in [3.63, 3.8) is 0 Å². The van der Waals surface area contributed by atoms with Crippen molar-refractivity contribution in [1.29, 1.82) is 0 Å². The second-order valence-electron chi connectivity index (χ2n) is 4.34. The Morgan fingerprint density at radius 3 is 2.00 bits per heavy atom. The first kappa shape index (κ1) is 15.8. The van der Waals surface area contributed by atoms with Gasteiger partial charge < -0.3 is 18.9 Å². The average molecular weight is 268 g/mol. The molecular weight excluding hydrogens is 244 g/mol. The molecule has 0 aliphatic rings. The summed E-state index contributed by atoms with van der Waals surface area (Å²) in [6, 6.07) is 3.94. The van der Waals surface area contributed by atoms with Crippen LogP contribution in [0.2, 0.25) is 0 Å². The molecule has 0 spiro atoms. The van der Waals surface area contributed by atoms with Gasteiger partial charge in [-0.05, 0) is 18.6 Å². The van der Waals surface area contributed by atoms with Gasteiger partial charge in [0, 0.05) is 25.3 Å². The quantitative estimate of drug-likeness (QED) is 0.645. The zero-order valence-electron chi connectivity index (χ0n) is 12.3. The lowest BCUT2D eigenvalue weighted by atomic mass is 10.1. The molecule has 0 radical (unpaired) electrons. The van der Waals surface area contributed by atoms with E-state index in [1.165, 1.54) is 0 Å². The van der Waals surface area contributed by atoms with Crippen LogP contribution < -0.4 is 9.47 Å². The minimum absolute atomic E-state index is 0.501. The maximum absolute atomic E-state index is 5.83. The first-order valence-electron chi connectivity index (χ1n) is 6.57. The van der Waals surface area contributed by atoms with Gasteiger partial charge >= 0.3 is 0 Å². The Labute approximate surface area is 115 Å². The maximum Gasteiger partial charge on any atom is 0.125 e. The fourth-order valence-electron chi connectivity index (χ4n) is 1.83. The molecule has 0 N–H and O–H groups in total. The molecule has 4 heteroatoms. The SMILES string of the molecule is CCCCOc1cc(COC)c(OC)cc1COC. The first-order valence-corrected chi connectivity index (χ1v) is 6.57. The molecule has 0 heterocycles. The van der Waals surface area contributed by atoms with E-state index in [2.05, 4.69) is 6.92 Å². The van der Waals surface area contributed by atoms with Crippen LogP contribution in [-0.4, -0.2) is 27.9 Å². The lowest BCUT2D eigenvalue weighted by Gasteiger charge is -2.15. The molecule has 1 aromatic rings. The molecule has 0 unspecified atom stereocenters. The fraction of sp³-hybridized carbons (Fsp3) is 0.600. The van der Waals surface area contributed by atoms with E-state index in [0.29, 0.717) is 19.8 Å². The number of methoxy groups -OCH3 is 3. The Balaban J connectivity index is 2.98. The van der Waals surface area contributed by atoms with Crippen LogP contribution in [0.5, 0.6) is 11.5 Å². The number of benzene rings is 1. The van der Waals surface area contributed by atoms with Gasteiger partial charge in [0.1, 0.15) is 11.5 Å². The minimum atomic E-state index is 0.501. The zero-order valence-corrected chi connectivity index (χ0v) is 12.3. The molecular formula is C15H24O4. The summed E-state index contributed by atoms with van der Waals surface area (Å²) in [5, 5.41) is 0. The number of rotatable bonds is 9. The van der Waals surface area contributed by atoms with Crippen LogP contribution in [0.4, 0.5) is 0 Å². The summed E-state index contributed by atoms with van der Waals surface area (Å²) in [5.41, 5.74) is 1.98. The zero-order chi connectivity index (χ0) is 14.1. The van der Waals surface area contributed by atoms with Crippen LogP contribution in [0.25, 0.3) is 0 Å².